The van der Waals surface area contributed by atoms with Crippen LogP contribution < -0.4 is 10.9 Å². The highest BCUT2D eigenvalue weighted by Gasteiger charge is 2.38. The highest BCUT2D eigenvalue weighted by Crippen LogP contribution is 2.27. The normalized spacial score (nSPS) is 11.9. The van der Waals surface area contributed by atoms with Gasteiger partial charge < -0.3 is 10.3 Å². The number of aryl methyl sites for hydroxylation is 1. The highest BCUT2D eigenvalue weighted by molar-refractivity contribution is 5.78. The van der Waals surface area contributed by atoms with E-state index >= 15 is 0 Å². The Balaban J connectivity index is 2.56. The van der Waals surface area contributed by atoms with Crippen LogP contribution in [0.2, 0.25) is 0 Å². The van der Waals surface area contributed by atoms with Crippen molar-refractivity contribution in [3.8, 4) is 0 Å². The van der Waals surface area contributed by atoms with Crippen LogP contribution in [0, 0.1) is 6.92 Å². The quantitative estimate of drug-likeness (QED) is 0.899. The molecule has 120 valence electrons. The number of nitrogens with one attached hydrogen (secondary N) is 2. The van der Waals surface area contributed by atoms with Crippen LogP contribution >= 0.6 is 0 Å². The Hall–Kier alpha value is -2.32. The zero-order valence-corrected chi connectivity index (χ0v) is 12.0. The van der Waals surface area contributed by atoms with E-state index in [0.717, 1.165) is 0 Å². The summed E-state index contributed by atoms with van der Waals surface area (Å²) in [6.07, 6.45) is -4.20. The number of hydrogen-bond donors (Lipinski definition) is 2. The number of H-pyrrole nitrogens is 1. The lowest BCUT2D eigenvalue weighted by atomic mass is 10.3. The Labute approximate surface area is 123 Å². The fraction of sp³-hybridized carbons (Fsp3) is 0.462. The van der Waals surface area contributed by atoms with Gasteiger partial charge in [0.25, 0.3) is 5.56 Å². The van der Waals surface area contributed by atoms with Gasteiger partial charge >= 0.3 is 6.18 Å². The van der Waals surface area contributed by atoms with Gasteiger partial charge in [0, 0.05) is 12.2 Å². The number of aromatic amines is 1. The highest BCUT2D eigenvalue weighted by atomic mass is 19.4. The minimum Gasteiger partial charge on any atom is -0.355 e. The summed E-state index contributed by atoms with van der Waals surface area (Å²) in [6.45, 7) is 3.02. The van der Waals surface area contributed by atoms with E-state index in [9.17, 15) is 22.8 Å². The lowest BCUT2D eigenvalue weighted by Gasteiger charge is -2.14. The van der Waals surface area contributed by atoms with Crippen LogP contribution in [-0.2, 0) is 17.5 Å². The van der Waals surface area contributed by atoms with Gasteiger partial charge in [0.1, 0.15) is 12.2 Å². The molecule has 2 aromatic heterocycles. The van der Waals surface area contributed by atoms with Gasteiger partial charge in [0.05, 0.1) is 5.39 Å². The molecule has 0 saturated heterocycles. The van der Waals surface area contributed by atoms with Crippen LogP contribution in [-0.4, -0.2) is 27.0 Å². The maximum absolute atomic E-state index is 13.1. The molecular weight excluding hydrogens is 301 g/mol. The molecule has 0 fully saturated rings. The molecule has 2 aromatic rings. The van der Waals surface area contributed by atoms with E-state index in [0.29, 0.717) is 23.2 Å². The van der Waals surface area contributed by atoms with Crippen molar-refractivity contribution in [3.05, 3.63) is 27.9 Å². The van der Waals surface area contributed by atoms with Crippen LogP contribution in [0.15, 0.2) is 10.9 Å². The lowest BCUT2D eigenvalue weighted by molar-refractivity contribution is -0.148. The molecule has 2 heterocycles. The third kappa shape index (κ3) is 3.12. The number of rotatable bonds is 4. The molecule has 0 atom stereocenters. The zero-order valence-electron chi connectivity index (χ0n) is 12.0. The van der Waals surface area contributed by atoms with Crippen molar-refractivity contribution in [1.82, 2.24) is 19.9 Å². The molecule has 0 aromatic carbocycles. The molecule has 2 N–H and O–H groups in total. The van der Waals surface area contributed by atoms with Crippen LogP contribution in [0.3, 0.4) is 0 Å². The number of aromatic nitrogens is 3. The average molecular weight is 316 g/mol. The first-order valence-corrected chi connectivity index (χ1v) is 6.68. The molecule has 22 heavy (non-hydrogen) atoms. The molecule has 0 spiro atoms. The monoisotopic (exact) mass is 316 g/mol. The SMILES string of the molecule is CCCNC(=O)Cn1c(C(F)(F)F)nc2[nH]c(C)cc2c1=O. The van der Waals surface area contributed by atoms with Crippen molar-refractivity contribution in [3.63, 3.8) is 0 Å². The Bertz CT molecular complexity index is 761. The second-order valence-electron chi connectivity index (χ2n) is 4.89. The van der Waals surface area contributed by atoms with Gasteiger partial charge in [0.2, 0.25) is 11.7 Å². The Morgan fingerprint density at radius 2 is 2.14 bits per heavy atom. The molecule has 0 saturated carbocycles. The van der Waals surface area contributed by atoms with E-state index in [1.807, 2.05) is 6.92 Å². The third-order valence-corrected chi connectivity index (χ3v) is 3.01. The Kier molecular flexibility index (Phi) is 4.25. The van der Waals surface area contributed by atoms with Gasteiger partial charge in [-0.15, -0.1) is 0 Å². The number of alkyl halides is 3. The van der Waals surface area contributed by atoms with Crippen molar-refractivity contribution in [2.24, 2.45) is 0 Å². The van der Waals surface area contributed by atoms with Crippen LogP contribution in [0.5, 0.6) is 0 Å². The number of halogens is 3. The van der Waals surface area contributed by atoms with E-state index in [4.69, 9.17) is 0 Å². The van der Waals surface area contributed by atoms with Crippen LogP contribution in [0.1, 0.15) is 24.9 Å². The van der Waals surface area contributed by atoms with Gasteiger partial charge in [0.15, 0.2) is 0 Å². The predicted molar refractivity (Wildman–Crippen MR) is 73.4 cm³/mol. The summed E-state index contributed by atoms with van der Waals surface area (Å²) in [5, 5.41) is 2.46. The number of nitrogens with zero attached hydrogens (tertiary/aromatic N) is 2. The predicted octanol–water partition coefficient (Wildman–Crippen LogP) is 1.58. The minimum absolute atomic E-state index is 0.0220. The molecule has 0 unspecified atom stereocenters. The van der Waals surface area contributed by atoms with Crippen LogP contribution in [0.4, 0.5) is 13.2 Å². The summed E-state index contributed by atoms with van der Waals surface area (Å²) >= 11 is 0. The van der Waals surface area contributed by atoms with E-state index < -0.39 is 30.0 Å². The smallest absolute Gasteiger partial charge is 0.355 e. The number of carbonyl (C=O) groups excluding carboxylic acids is 1. The maximum atomic E-state index is 13.1. The van der Waals surface area contributed by atoms with Crippen molar-refractivity contribution >= 4 is 16.9 Å². The van der Waals surface area contributed by atoms with E-state index in [1.165, 1.54) is 6.07 Å². The van der Waals surface area contributed by atoms with Gasteiger partial charge in [-0.3, -0.25) is 14.2 Å². The molecule has 2 rings (SSSR count). The molecule has 1 amide bonds. The Morgan fingerprint density at radius 3 is 2.73 bits per heavy atom. The molecule has 6 nitrogen and oxygen atoms in total. The molecule has 0 radical (unpaired) electrons. The van der Waals surface area contributed by atoms with Crippen molar-refractivity contribution in [1.29, 1.82) is 0 Å². The zero-order chi connectivity index (χ0) is 16.5. The third-order valence-electron chi connectivity index (χ3n) is 3.01. The topological polar surface area (TPSA) is 79.8 Å². The maximum Gasteiger partial charge on any atom is 0.449 e. The fourth-order valence-corrected chi connectivity index (χ4v) is 2.06. The number of fused-ring (bicyclic) bond motifs is 1. The minimum atomic E-state index is -4.84. The second-order valence-corrected chi connectivity index (χ2v) is 4.89. The molecule has 9 heteroatoms. The van der Waals surface area contributed by atoms with Gasteiger partial charge in [-0.1, -0.05) is 6.92 Å². The van der Waals surface area contributed by atoms with Gasteiger partial charge in [-0.05, 0) is 19.4 Å². The molecular formula is C13H15F3N4O2. The fourth-order valence-electron chi connectivity index (χ4n) is 2.06. The standard InChI is InChI=1S/C13H15F3N4O2/c1-3-4-17-9(21)6-20-11(22)8-5-7(2)18-10(8)19-12(20)13(14,15)16/h5,18H,3-4,6H2,1-2H3,(H,17,21). The average Bonchev–Trinajstić information content (AvgIpc) is 2.79. The number of carbonyl (C=O) groups is 1. The second kappa shape index (κ2) is 5.82. The lowest BCUT2D eigenvalue weighted by Crippen LogP contribution is -2.36. The summed E-state index contributed by atoms with van der Waals surface area (Å²) in [4.78, 5) is 30.0. The number of hydrogen-bond acceptors (Lipinski definition) is 3. The first-order chi connectivity index (χ1) is 10.2. The molecule has 0 aliphatic carbocycles. The summed E-state index contributed by atoms with van der Waals surface area (Å²) in [6, 6.07) is 1.41. The number of amides is 1. The van der Waals surface area contributed by atoms with Gasteiger partial charge in [-0.2, -0.15) is 13.2 Å². The molecule has 0 aliphatic heterocycles. The summed E-state index contributed by atoms with van der Waals surface area (Å²) < 4.78 is 39.7. The molecule has 0 bridgehead atoms. The van der Waals surface area contributed by atoms with Crippen LogP contribution in [0.25, 0.3) is 11.0 Å². The van der Waals surface area contributed by atoms with E-state index in [2.05, 4.69) is 15.3 Å². The van der Waals surface area contributed by atoms with Gasteiger partial charge in [-0.25, -0.2) is 4.98 Å². The largest absolute Gasteiger partial charge is 0.449 e. The summed E-state index contributed by atoms with van der Waals surface area (Å²) in [5.41, 5.74) is -0.519. The van der Waals surface area contributed by atoms with Crippen molar-refractivity contribution < 1.29 is 18.0 Å². The molecule has 0 aliphatic rings. The van der Waals surface area contributed by atoms with E-state index in [1.54, 1.807) is 6.92 Å². The van der Waals surface area contributed by atoms with E-state index in [-0.39, 0.29) is 11.0 Å². The summed E-state index contributed by atoms with van der Waals surface area (Å²) in [7, 11) is 0. The van der Waals surface area contributed by atoms with Crippen molar-refractivity contribution in [2.75, 3.05) is 6.54 Å². The Morgan fingerprint density at radius 1 is 1.45 bits per heavy atom. The first kappa shape index (κ1) is 16.1. The summed E-state index contributed by atoms with van der Waals surface area (Å²) in [5.74, 6) is -2.05. The van der Waals surface area contributed by atoms with Crippen molar-refractivity contribution in [2.45, 2.75) is 33.0 Å². The first-order valence-electron chi connectivity index (χ1n) is 6.68.